The van der Waals surface area contributed by atoms with Gasteiger partial charge in [0.15, 0.2) is 5.82 Å². The lowest BCUT2D eigenvalue weighted by Crippen LogP contribution is -2.39. The number of nitrogens with zero attached hydrogens (tertiary/aromatic N) is 2. The minimum Gasteiger partial charge on any atom is -0.363 e. The van der Waals surface area contributed by atoms with Crippen molar-refractivity contribution in [2.75, 3.05) is 18.4 Å². The first-order chi connectivity index (χ1) is 12.3. The first kappa shape index (κ1) is 18.2. The zero-order chi connectivity index (χ0) is 18.7. The number of benzene rings is 1. The number of hydrogen-bond acceptors (Lipinski definition) is 4. The molecule has 2 aromatic rings. The number of nitrogens with one attached hydrogen (secondary N) is 1. The maximum atomic E-state index is 12.9. The van der Waals surface area contributed by atoms with Gasteiger partial charge >= 0.3 is 0 Å². The quantitative estimate of drug-likeness (QED) is 0.861. The Morgan fingerprint density at radius 2 is 1.88 bits per heavy atom. The molecular formula is C20H25N3O3. The van der Waals surface area contributed by atoms with Gasteiger partial charge in [0.25, 0.3) is 5.91 Å². The molecule has 0 spiro atoms. The molecule has 26 heavy (non-hydrogen) atoms. The average Bonchev–Trinajstić information content (AvgIpc) is 3.26. The lowest BCUT2D eigenvalue weighted by molar-refractivity contribution is -0.117. The Hall–Kier alpha value is -2.63. The Kier molecular flexibility index (Phi) is 5.11. The van der Waals surface area contributed by atoms with Crippen LogP contribution in [0.4, 0.5) is 5.82 Å². The highest BCUT2D eigenvalue weighted by Gasteiger charge is 2.29. The fourth-order valence-electron chi connectivity index (χ4n) is 2.76. The van der Waals surface area contributed by atoms with Crippen LogP contribution in [0.15, 0.2) is 41.1 Å². The molecule has 0 radical (unpaired) electrons. The summed E-state index contributed by atoms with van der Waals surface area (Å²) in [6.07, 6.45) is 3.61. The summed E-state index contributed by atoms with van der Waals surface area (Å²) >= 11 is 0. The molecular weight excluding hydrogens is 330 g/mol. The zero-order valence-electron chi connectivity index (χ0n) is 15.5. The Morgan fingerprint density at radius 1 is 1.19 bits per heavy atom. The largest absolute Gasteiger partial charge is 0.363 e. The van der Waals surface area contributed by atoms with Crippen LogP contribution in [0.1, 0.15) is 49.5 Å². The van der Waals surface area contributed by atoms with Crippen molar-refractivity contribution in [3.05, 3.63) is 47.7 Å². The highest BCUT2D eigenvalue weighted by atomic mass is 16.5. The van der Waals surface area contributed by atoms with E-state index in [0.29, 0.717) is 23.8 Å². The molecule has 138 valence electrons. The summed E-state index contributed by atoms with van der Waals surface area (Å²) in [5.41, 5.74) is 1.81. The van der Waals surface area contributed by atoms with E-state index in [9.17, 15) is 9.59 Å². The number of carbonyl (C=O) groups is 2. The first-order valence-electron chi connectivity index (χ1n) is 8.93. The van der Waals surface area contributed by atoms with Gasteiger partial charge in [-0.2, -0.15) is 0 Å². The van der Waals surface area contributed by atoms with Gasteiger partial charge in [-0.15, -0.1) is 0 Å². The molecule has 6 nitrogen and oxygen atoms in total. The van der Waals surface area contributed by atoms with Gasteiger partial charge in [-0.3, -0.25) is 9.59 Å². The second-order valence-corrected chi connectivity index (χ2v) is 7.89. The van der Waals surface area contributed by atoms with Gasteiger partial charge in [-0.25, -0.2) is 0 Å². The summed E-state index contributed by atoms with van der Waals surface area (Å²) in [5.74, 6) is 0.447. The van der Waals surface area contributed by atoms with E-state index >= 15 is 0 Å². The smallest absolute Gasteiger partial charge is 0.254 e. The van der Waals surface area contributed by atoms with E-state index in [1.54, 1.807) is 11.0 Å². The number of hydrogen-bond donors (Lipinski definition) is 1. The SMILES string of the molecule is CC(C)(C)c1ccc(C(=O)N(CC(=O)Nc2ccon2)CC2CC2)cc1. The average molecular weight is 355 g/mol. The summed E-state index contributed by atoms with van der Waals surface area (Å²) in [7, 11) is 0. The molecule has 1 aromatic heterocycles. The van der Waals surface area contributed by atoms with Crippen LogP contribution in [0.3, 0.4) is 0 Å². The third kappa shape index (κ3) is 4.71. The molecule has 0 saturated heterocycles. The van der Waals surface area contributed by atoms with Crippen molar-refractivity contribution in [1.82, 2.24) is 10.1 Å². The van der Waals surface area contributed by atoms with Crippen LogP contribution in [-0.4, -0.2) is 35.0 Å². The van der Waals surface area contributed by atoms with Crippen LogP contribution < -0.4 is 5.32 Å². The number of amides is 2. The molecule has 0 atom stereocenters. The number of carbonyl (C=O) groups excluding carboxylic acids is 2. The van der Waals surface area contributed by atoms with Crippen molar-refractivity contribution in [2.24, 2.45) is 5.92 Å². The second kappa shape index (κ2) is 7.32. The van der Waals surface area contributed by atoms with Crippen LogP contribution in [-0.2, 0) is 10.2 Å². The minimum atomic E-state index is -0.279. The fraction of sp³-hybridized carbons (Fsp3) is 0.450. The first-order valence-corrected chi connectivity index (χ1v) is 8.93. The normalized spacial score (nSPS) is 14.1. The van der Waals surface area contributed by atoms with Crippen LogP contribution in [0.2, 0.25) is 0 Å². The fourth-order valence-corrected chi connectivity index (χ4v) is 2.76. The van der Waals surface area contributed by atoms with Crippen molar-refractivity contribution < 1.29 is 14.1 Å². The maximum absolute atomic E-state index is 12.9. The van der Waals surface area contributed by atoms with E-state index in [4.69, 9.17) is 4.52 Å². The monoisotopic (exact) mass is 355 g/mol. The third-order valence-electron chi connectivity index (χ3n) is 4.50. The van der Waals surface area contributed by atoms with Crippen LogP contribution in [0, 0.1) is 5.92 Å². The molecule has 1 fully saturated rings. The van der Waals surface area contributed by atoms with Gasteiger partial charge in [0.2, 0.25) is 5.91 Å². The Labute approximate surface area is 153 Å². The van der Waals surface area contributed by atoms with Crippen LogP contribution in [0.5, 0.6) is 0 Å². The summed E-state index contributed by atoms with van der Waals surface area (Å²) in [6.45, 7) is 7.02. The van der Waals surface area contributed by atoms with Gasteiger partial charge in [-0.05, 0) is 41.9 Å². The molecule has 1 N–H and O–H groups in total. The van der Waals surface area contributed by atoms with E-state index in [0.717, 1.165) is 12.8 Å². The van der Waals surface area contributed by atoms with E-state index in [1.807, 2.05) is 24.3 Å². The van der Waals surface area contributed by atoms with E-state index in [-0.39, 0.29) is 23.8 Å². The Balaban J connectivity index is 1.69. The third-order valence-corrected chi connectivity index (χ3v) is 4.50. The summed E-state index contributed by atoms with van der Waals surface area (Å²) < 4.78 is 4.71. The lowest BCUT2D eigenvalue weighted by Gasteiger charge is -2.23. The van der Waals surface area contributed by atoms with Gasteiger partial charge in [0.05, 0.1) is 0 Å². The van der Waals surface area contributed by atoms with Crippen molar-refractivity contribution in [3.8, 4) is 0 Å². The Morgan fingerprint density at radius 3 is 2.42 bits per heavy atom. The molecule has 1 aliphatic carbocycles. The lowest BCUT2D eigenvalue weighted by atomic mass is 9.86. The molecule has 6 heteroatoms. The number of aromatic nitrogens is 1. The van der Waals surface area contributed by atoms with Crippen molar-refractivity contribution in [1.29, 1.82) is 0 Å². The summed E-state index contributed by atoms with van der Waals surface area (Å²) in [6, 6.07) is 9.23. The van der Waals surface area contributed by atoms with Crippen molar-refractivity contribution in [2.45, 2.75) is 39.0 Å². The molecule has 0 aliphatic heterocycles. The summed E-state index contributed by atoms with van der Waals surface area (Å²) in [4.78, 5) is 26.8. The predicted molar refractivity (Wildman–Crippen MR) is 98.9 cm³/mol. The van der Waals surface area contributed by atoms with Crippen LogP contribution >= 0.6 is 0 Å². The van der Waals surface area contributed by atoms with E-state index in [2.05, 4.69) is 31.2 Å². The van der Waals surface area contributed by atoms with Gasteiger partial charge < -0.3 is 14.7 Å². The maximum Gasteiger partial charge on any atom is 0.254 e. The molecule has 2 amide bonds. The highest BCUT2D eigenvalue weighted by molar-refractivity contribution is 5.99. The molecule has 0 unspecified atom stereocenters. The summed E-state index contributed by atoms with van der Waals surface area (Å²) in [5, 5.41) is 6.31. The van der Waals surface area contributed by atoms with Gasteiger partial charge in [0.1, 0.15) is 12.8 Å². The van der Waals surface area contributed by atoms with Gasteiger partial charge in [-0.1, -0.05) is 38.1 Å². The number of rotatable bonds is 6. The molecule has 0 bridgehead atoms. The second-order valence-electron chi connectivity index (χ2n) is 7.89. The van der Waals surface area contributed by atoms with Gasteiger partial charge in [0, 0.05) is 18.2 Å². The predicted octanol–water partition coefficient (Wildman–Crippen LogP) is 3.46. The molecule has 1 saturated carbocycles. The zero-order valence-corrected chi connectivity index (χ0v) is 15.5. The molecule has 1 heterocycles. The van der Waals surface area contributed by atoms with Crippen molar-refractivity contribution in [3.63, 3.8) is 0 Å². The molecule has 3 rings (SSSR count). The standard InChI is InChI=1S/C20H25N3O3/c1-20(2,3)16-8-6-15(7-9-16)19(25)23(12-14-4-5-14)13-18(24)21-17-10-11-26-22-17/h6-11,14H,4-5,12-13H2,1-3H3,(H,21,22,24). The van der Waals surface area contributed by atoms with Crippen molar-refractivity contribution >= 4 is 17.6 Å². The highest BCUT2D eigenvalue weighted by Crippen LogP contribution is 2.30. The van der Waals surface area contributed by atoms with E-state index < -0.39 is 0 Å². The van der Waals surface area contributed by atoms with E-state index in [1.165, 1.54) is 11.8 Å². The molecule has 1 aromatic carbocycles. The number of anilines is 1. The topological polar surface area (TPSA) is 75.4 Å². The minimum absolute atomic E-state index is 0.00319. The van der Waals surface area contributed by atoms with Crippen LogP contribution in [0.25, 0.3) is 0 Å². The molecule has 1 aliphatic rings. The Bertz CT molecular complexity index is 757.